The minimum atomic E-state index is -0.549. The molecule has 2 heterocycles. The Kier molecular flexibility index (Phi) is 1.79. The van der Waals surface area contributed by atoms with E-state index in [2.05, 4.69) is 13.0 Å². The standard InChI is InChI=1S/C11H14O3/c1-6-2-3-7-8(4-6)10(12)11-13-5-9(7)14-11/h2,7-9,11H,3-5H2,1H3/t7-,8+,9-,11+/m1/s1. The molecule has 2 bridgehead atoms. The van der Waals surface area contributed by atoms with Crippen LogP contribution < -0.4 is 0 Å². The molecule has 76 valence electrons. The monoisotopic (exact) mass is 194 g/mol. The van der Waals surface area contributed by atoms with Crippen LogP contribution in [0, 0.1) is 11.8 Å². The van der Waals surface area contributed by atoms with Crippen molar-refractivity contribution in [3.05, 3.63) is 11.6 Å². The van der Waals surface area contributed by atoms with Crippen LogP contribution in [-0.4, -0.2) is 24.8 Å². The van der Waals surface area contributed by atoms with Gasteiger partial charge in [-0.1, -0.05) is 11.6 Å². The van der Waals surface area contributed by atoms with Crippen LogP contribution in [0.1, 0.15) is 19.8 Å². The summed E-state index contributed by atoms with van der Waals surface area (Å²) in [6, 6.07) is 0. The summed E-state index contributed by atoms with van der Waals surface area (Å²) in [5.41, 5.74) is 1.33. The van der Waals surface area contributed by atoms with Gasteiger partial charge >= 0.3 is 0 Å². The molecular weight excluding hydrogens is 180 g/mol. The van der Waals surface area contributed by atoms with E-state index < -0.39 is 6.29 Å². The van der Waals surface area contributed by atoms with E-state index in [1.165, 1.54) is 5.57 Å². The number of carbonyl (C=O) groups is 1. The van der Waals surface area contributed by atoms with E-state index in [9.17, 15) is 4.79 Å². The van der Waals surface area contributed by atoms with Gasteiger partial charge in [0.1, 0.15) is 0 Å². The van der Waals surface area contributed by atoms with Gasteiger partial charge < -0.3 is 9.47 Å². The molecule has 0 aromatic heterocycles. The highest BCUT2D eigenvalue weighted by Crippen LogP contribution is 2.41. The third-order valence-electron chi connectivity index (χ3n) is 3.58. The van der Waals surface area contributed by atoms with Gasteiger partial charge in [0.2, 0.25) is 6.29 Å². The lowest BCUT2D eigenvalue weighted by atomic mass is 9.74. The first kappa shape index (κ1) is 8.62. The topological polar surface area (TPSA) is 35.5 Å². The largest absolute Gasteiger partial charge is 0.343 e. The van der Waals surface area contributed by atoms with E-state index in [4.69, 9.17) is 9.47 Å². The highest BCUT2D eigenvalue weighted by molar-refractivity contribution is 5.86. The normalized spacial score (nSPS) is 46.1. The van der Waals surface area contributed by atoms with Crippen LogP contribution in [-0.2, 0) is 14.3 Å². The lowest BCUT2D eigenvalue weighted by molar-refractivity contribution is -0.165. The summed E-state index contributed by atoms with van der Waals surface area (Å²) < 4.78 is 10.8. The zero-order valence-corrected chi connectivity index (χ0v) is 8.23. The van der Waals surface area contributed by atoms with Crippen LogP contribution in [0.5, 0.6) is 0 Å². The fourth-order valence-electron chi connectivity index (χ4n) is 2.77. The SMILES string of the molecule is CC1=CC[C@@H]2[C@H](C1)C(=O)[C@H]1OC[C@H]2O1. The van der Waals surface area contributed by atoms with Crippen molar-refractivity contribution in [1.82, 2.24) is 0 Å². The van der Waals surface area contributed by atoms with Gasteiger partial charge in [-0.2, -0.15) is 0 Å². The third kappa shape index (κ3) is 1.09. The molecule has 0 amide bonds. The van der Waals surface area contributed by atoms with Crippen LogP contribution >= 0.6 is 0 Å². The van der Waals surface area contributed by atoms with Crippen molar-refractivity contribution in [2.75, 3.05) is 6.61 Å². The maximum absolute atomic E-state index is 11.9. The molecular formula is C11H14O3. The Hall–Kier alpha value is -0.670. The van der Waals surface area contributed by atoms with Crippen LogP contribution in [0.25, 0.3) is 0 Å². The minimum absolute atomic E-state index is 0.159. The average molecular weight is 194 g/mol. The van der Waals surface area contributed by atoms with Crippen molar-refractivity contribution in [3.8, 4) is 0 Å². The number of fused-ring (bicyclic) bond motifs is 4. The lowest BCUT2D eigenvalue weighted by Gasteiger charge is -2.36. The lowest BCUT2D eigenvalue weighted by Crippen LogP contribution is -2.44. The van der Waals surface area contributed by atoms with Crippen molar-refractivity contribution < 1.29 is 14.3 Å². The van der Waals surface area contributed by atoms with Crippen molar-refractivity contribution in [2.24, 2.45) is 11.8 Å². The van der Waals surface area contributed by atoms with Gasteiger partial charge in [-0.25, -0.2) is 0 Å². The summed E-state index contributed by atoms with van der Waals surface area (Å²) >= 11 is 0. The third-order valence-corrected chi connectivity index (χ3v) is 3.58. The summed E-state index contributed by atoms with van der Waals surface area (Å²) in [7, 11) is 0. The van der Waals surface area contributed by atoms with Crippen molar-refractivity contribution in [2.45, 2.75) is 32.2 Å². The fraction of sp³-hybridized carbons (Fsp3) is 0.727. The first-order valence-corrected chi connectivity index (χ1v) is 5.22. The van der Waals surface area contributed by atoms with Gasteiger partial charge in [0.15, 0.2) is 5.78 Å². The number of hydrogen-bond donors (Lipinski definition) is 0. The molecule has 4 atom stereocenters. The molecule has 3 nitrogen and oxygen atoms in total. The first-order chi connectivity index (χ1) is 6.75. The van der Waals surface area contributed by atoms with Gasteiger partial charge in [0.25, 0.3) is 0 Å². The zero-order valence-electron chi connectivity index (χ0n) is 8.23. The second-order valence-corrected chi connectivity index (χ2v) is 4.50. The molecule has 0 saturated carbocycles. The number of ketones is 1. The molecule has 3 rings (SSSR count). The second-order valence-electron chi connectivity index (χ2n) is 4.50. The van der Waals surface area contributed by atoms with Crippen molar-refractivity contribution in [3.63, 3.8) is 0 Å². The van der Waals surface area contributed by atoms with E-state index in [0.29, 0.717) is 12.5 Å². The molecule has 0 aromatic rings. The molecule has 14 heavy (non-hydrogen) atoms. The Morgan fingerprint density at radius 2 is 2.36 bits per heavy atom. The predicted molar refractivity (Wildman–Crippen MR) is 49.6 cm³/mol. The summed E-state index contributed by atoms with van der Waals surface area (Å²) in [6.07, 6.45) is 3.72. The molecule has 0 aromatic carbocycles. The average Bonchev–Trinajstić information content (AvgIpc) is 2.61. The van der Waals surface area contributed by atoms with Crippen LogP contribution in [0.3, 0.4) is 0 Å². The summed E-state index contributed by atoms with van der Waals surface area (Å²) in [4.78, 5) is 11.9. The van der Waals surface area contributed by atoms with E-state index >= 15 is 0 Å². The Labute approximate surface area is 83.1 Å². The molecule has 0 spiro atoms. The quantitative estimate of drug-likeness (QED) is 0.545. The number of carbonyl (C=O) groups excluding carboxylic acids is 1. The minimum Gasteiger partial charge on any atom is -0.343 e. The number of hydrogen-bond acceptors (Lipinski definition) is 3. The number of allylic oxidation sites excluding steroid dienone is 2. The number of rotatable bonds is 0. The van der Waals surface area contributed by atoms with Gasteiger partial charge in [-0.05, 0) is 19.8 Å². The Balaban J connectivity index is 1.93. The molecule has 2 saturated heterocycles. The Morgan fingerprint density at radius 3 is 3.21 bits per heavy atom. The maximum Gasteiger partial charge on any atom is 0.218 e. The number of ether oxygens (including phenoxy) is 2. The van der Waals surface area contributed by atoms with Gasteiger partial charge in [-0.3, -0.25) is 4.79 Å². The molecule has 0 N–H and O–H groups in total. The van der Waals surface area contributed by atoms with E-state index in [0.717, 1.165) is 12.8 Å². The molecule has 2 aliphatic heterocycles. The van der Waals surface area contributed by atoms with Crippen LogP contribution in [0.2, 0.25) is 0 Å². The van der Waals surface area contributed by atoms with Crippen molar-refractivity contribution in [1.29, 1.82) is 0 Å². The smallest absolute Gasteiger partial charge is 0.218 e. The molecule has 0 radical (unpaired) electrons. The second kappa shape index (κ2) is 2.91. The van der Waals surface area contributed by atoms with E-state index in [1.807, 2.05) is 0 Å². The Morgan fingerprint density at radius 1 is 1.50 bits per heavy atom. The zero-order chi connectivity index (χ0) is 9.71. The van der Waals surface area contributed by atoms with Crippen LogP contribution in [0.15, 0.2) is 11.6 Å². The van der Waals surface area contributed by atoms with E-state index in [1.54, 1.807) is 0 Å². The van der Waals surface area contributed by atoms with E-state index in [-0.39, 0.29) is 17.8 Å². The predicted octanol–water partition coefficient (Wildman–Crippen LogP) is 1.28. The van der Waals surface area contributed by atoms with Gasteiger partial charge in [-0.15, -0.1) is 0 Å². The van der Waals surface area contributed by atoms with Crippen molar-refractivity contribution >= 4 is 5.78 Å². The molecule has 2 fully saturated rings. The molecule has 3 heteroatoms. The molecule has 0 unspecified atom stereocenters. The highest BCUT2D eigenvalue weighted by Gasteiger charge is 2.49. The van der Waals surface area contributed by atoms with Gasteiger partial charge in [0, 0.05) is 11.8 Å². The summed E-state index contributed by atoms with van der Waals surface area (Å²) in [6.45, 7) is 2.70. The highest BCUT2D eigenvalue weighted by atomic mass is 16.7. The van der Waals surface area contributed by atoms with Gasteiger partial charge in [0.05, 0.1) is 12.7 Å². The Bertz CT molecular complexity index is 308. The fourth-order valence-corrected chi connectivity index (χ4v) is 2.77. The maximum atomic E-state index is 11.9. The summed E-state index contributed by atoms with van der Waals surface area (Å²) in [5, 5.41) is 0. The van der Waals surface area contributed by atoms with Crippen LogP contribution in [0.4, 0.5) is 0 Å². The first-order valence-electron chi connectivity index (χ1n) is 5.22. The summed E-state index contributed by atoms with van der Waals surface area (Å²) in [5.74, 6) is 0.687. The number of Topliss-reactive ketones (excluding diaryl/α,β-unsaturated/α-hetero) is 1. The molecule has 1 aliphatic carbocycles. The molecule has 3 aliphatic rings.